The number of aryl methyl sites for hydroxylation is 1. The normalized spacial score (nSPS) is 11.5. The minimum atomic E-state index is -0.165. The Balaban J connectivity index is 2.12. The number of nitrogens with zero attached hydrogens (tertiary/aromatic N) is 5. The van der Waals surface area contributed by atoms with E-state index in [1.54, 1.807) is 16.9 Å². The standard InChI is InChI=1S/C18H17N5O2/c1-11(2)17-20-14-6-4-5-13(12-9-19-22(3)10-12)16(14)18(24)23(17)15-7-8-25-21-15/h4-11H,1-3H3. The quantitative estimate of drug-likeness (QED) is 0.575. The largest absolute Gasteiger partial charge is 0.363 e. The van der Waals surface area contributed by atoms with Gasteiger partial charge in [0.1, 0.15) is 12.1 Å². The molecule has 4 rings (SSSR count). The van der Waals surface area contributed by atoms with E-state index in [1.165, 1.54) is 10.8 Å². The van der Waals surface area contributed by atoms with E-state index in [4.69, 9.17) is 9.51 Å². The number of hydrogen-bond acceptors (Lipinski definition) is 5. The molecule has 3 aromatic heterocycles. The number of hydrogen-bond donors (Lipinski definition) is 0. The summed E-state index contributed by atoms with van der Waals surface area (Å²) < 4.78 is 8.17. The third-order valence-electron chi connectivity index (χ3n) is 4.11. The van der Waals surface area contributed by atoms with E-state index in [1.807, 2.05) is 45.3 Å². The first-order valence-corrected chi connectivity index (χ1v) is 8.01. The molecule has 0 bridgehead atoms. The maximum atomic E-state index is 13.4. The highest BCUT2D eigenvalue weighted by Gasteiger charge is 2.19. The van der Waals surface area contributed by atoms with E-state index in [0.717, 1.165) is 11.1 Å². The van der Waals surface area contributed by atoms with Gasteiger partial charge in [0.05, 0.1) is 17.1 Å². The summed E-state index contributed by atoms with van der Waals surface area (Å²) >= 11 is 0. The van der Waals surface area contributed by atoms with Gasteiger partial charge in [-0.05, 0) is 11.6 Å². The fourth-order valence-electron chi connectivity index (χ4n) is 2.98. The van der Waals surface area contributed by atoms with Crippen LogP contribution in [-0.4, -0.2) is 24.5 Å². The van der Waals surface area contributed by atoms with Gasteiger partial charge >= 0.3 is 0 Å². The van der Waals surface area contributed by atoms with Gasteiger partial charge < -0.3 is 4.52 Å². The van der Waals surface area contributed by atoms with Gasteiger partial charge in [-0.15, -0.1) is 0 Å². The van der Waals surface area contributed by atoms with E-state index < -0.39 is 0 Å². The van der Waals surface area contributed by atoms with Gasteiger partial charge in [0.25, 0.3) is 5.56 Å². The molecule has 0 fully saturated rings. The van der Waals surface area contributed by atoms with Crippen LogP contribution in [-0.2, 0) is 7.05 Å². The maximum Gasteiger partial charge on any atom is 0.267 e. The van der Waals surface area contributed by atoms with Crippen LogP contribution in [0.2, 0.25) is 0 Å². The first kappa shape index (κ1) is 15.3. The Labute approximate surface area is 143 Å². The van der Waals surface area contributed by atoms with Crippen molar-refractivity contribution in [2.45, 2.75) is 19.8 Å². The zero-order chi connectivity index (χ0) is 17.6. The molecule has 4 aromatic rings. The lowest BCUT2D eigenvalue weighted by atomic mass is 10.0. The van der Waals surface area contributed by atoms with E-state index in [2.05, 4.69) is 10.3 Å². The van der Waals surface area contributed by atoms with E-state index in [0.29, 0.717) is 22.5 Å². The van der Waals surface area contributed by atoms with E-state index in [9.17, 15) is 4.79 Å². The summed E-state index contributed by atoms with van der Waals surface area (Å²) in [6.07, 6.45) is 5.07. The van der Waals surface area contributed by atoms with Gasteiger partial charge in [0.2, 0.25) is 0 Å². The van der Waals surface area contributed by atoms with Crippen LogP contribution in [0.5, 0.6) is 0 Å². The third kappa shape index (κ3) is 2.44. The molecule has 0 radical (unpaired) electrons. The molecule has 0 aliphatic carbocycles. The van der Waals surface area contributed by atoms with Gasteiger partial charge in [-0.25, -0.2) is 9.55 Å². The smallest absolute Gasteiger partial charge is 0.267 e. The summed E-state index contributed by atoms with van der Waals surface area (Å²) in [5.74, 6) is 1.13. The Bertz CT molecular complexity index is 1110. The molecule has 7 nitrogen and oxygen atoms in total. The lowest BCUT2D eigenvalue weighted by Crippen LogP contribution is -2.25. The van der Waals surface area contributed by atoms with E-state index in [-0.39, 0.29) is 11.5 Å². The molecule has 0 saturated heterocycles. The molecule has 0 unspecified atom stereocenters. The highest BCUT2D eigenvalue weighted by molar-refractivity contribution is 5.93. The Kier molecular flexibility index (Phi) is 3.49. The Morgan fingerprint density at radius 1 is 1.20 bits per heavy atom. The second kappa shape index (κ2) is 5.70. The summed E-state index contributed by atoms with van der Waals surface area (Å²) in [5.41, 5.74) is 2.17. The van der Waals surface area contributed by atoms with Crippen molar-refractivity contribution in [2.24, 2.45) is 7.05 Å². The summed E-state index contributed by atoms with van der Waals surface area (Å²) in [6, 6.07) is 7.33. The highest BCUT2D eigenvalue weighted by atomic mass is 16.5. The molecule has 0 aliphatic heterocycles. The number of rotatable bonds is 3. The lowest BCUT2D eigenvalue weighted by molar-refractivity contribution is 0.415. The molecule has 0 aliphatic rings. The number of benzene rings is 1. The number of fused-ring (bicyclic) bond motifs is 1. The predicted octanol–water partition coefficient (Wildman–Crippen LogP) is 2.90. The van der Waals surface area contributed by atoms with Crippen LogP contribution in [0.3, 0.4) is 0 Å². The van der Waals surface area contributed by atoms with Gasteiger partial charge in [-0.2, -0.15) is 5.10 Å². The average Bonchev–Trinajstić information content (AvgIpc) is 3.25. The molecule has 25 heavy (non-hydrogen) atoms. The second-order valence-corrected chi connectivity index (χ2v) is 6.23. The van der Waals surface area contributed by atoms with Crippen LogP contribution in [0.25, 0.3) is 27.8 Å². The van der Waals surface area contributed by atoms with Crippen LogP contribution in [0.4, 0.5) is 0 Å². The van der Waals surface area contributed by atoms with Gasteiger partial charge in [0, 0.05) is 30.8 Å². The van der Waals surface area contributed by atoms with Crippen LogP contribution >= 0.6 is 0 Å². The van der Waals surface area contributed by atoms with Crippen LogP contribution in [0, 0.1) is 0 Å². The molecule has 3 heterocycles. The second-order valence-electron chi connectivity index (χ2n) is 6.23. The Morgan fingerprint density at radius 2 is 2.04 bits per heavy atom. The van der Waals surface area contributed by atoms with Crippen molar-refractivity contribution in [1.29, 1.82) is 0 Å². The monoisotopic (exact) mass is 335 g/mol. The van der Waals surface area contributed by atoms with E-state index >= 15 is 0 Å². The molecule has 0 atom stereocenters. The van der Waals surface area contributed by atoms with Gasteiger partial charge in [0.15, 0.2) is 5.82 Å². The molecule has 0 amide bonds. The van der Waals surface area contributed by atoms with Crippen molar-refractivity contribution in [3.63, 3.8) is 0 Å². The van der Waals surface area contributed by atoms with Crippen molar-refractivity contribution < 1.29 is 4.52 Å². The molecule has 1 aromatic carbocycles. The molecule has 126 valence electrons. The van der Waals surface area contributed by atoms with Crippen LogP contribution < -0.4 is 5.56 Å². The van der Waals surface area contributed by atoms with Crippen LogP contribution in [0.1, 0.15) is 25.6 Å². The van der Waals surface area contributed by atoms with Crippen LogP contribution in [0.15, 0.2) is 52.2 Å². The van der Waals surface area contributed by atoms with Crippen molar-refractivity contribution in [3.8, 4) is 16.9 Å². The fraction of sp³-hybridized carbons (Fsp3) is 0.222. The molecule has 0 spiro atoms. The minimum absolute atomic E-state index is 0.0517. The SMILES string of the molecule is CC(C)c1nc2cccc(-c3cnn(C)c3)c2c(=O)n1-c1ccon1. The topological polar surface area (TPSA) is 78.7 Å². The maximum absolute atomic E-state index is 13.4. The zero-order valence-corrected chi connectivity index (χ0v) is 14.2. The minimum Gasteiger partial charge on any atom is -0.363 e. The molecular weight excluding hydrogens is 318 g/mol. The van der Waals surface area contributed by atoms with Crippen molar-refractivity contribution in [2.75, 3.05) is 0 Å². The van der Waals surface area contributed by atoms with Crippen molar-refractivity contribution in [1.82, 2.24) is 24.5 Å². The predicted molar refractivity (Wildman–Crippen MR) is 93.7 cm³/mol. The molecule has 0 saturated carbocycles. The Morgan fingerprint density at radius 3 is 2.68 bits per heavy atom. The third-order valence-corrected chi connectivity index (χ3v) is 4.11. The fourth-order valence-corrected chi connectivity index (χ4v) is 2.98. The highest BCUT2D eigenvalue weighted by Crippen LogP contribution is 2.27. The lowest BCUT2D eigenvalue weighted by Gasteiger charge is -2.14. The average molecular weight is 335 g/mol. The molecular formula is C18H17N5O2. The summed E-state index contributed by atoms with van der Waals surface area (Å²) in [7, 11) is 1.84. The van der Waals surface area contributed by atoms with Crippen molar-refractivity contribution >= 4 is 10.9 Å². The van der Waals surface area contributed by atoms with Gasteiger partial charge in [-0.1, -0.05) is 31.1 Å². The molecule has 0 N–H and O–H groups in total. The summed E-state index contributed by atoms with van der Waals surface area (Å²) in [4.78, 5) is 18.1. The summed E-state index contributed by atoms with van der Waals surface area (Å²) in [6.45, 7) is 3.99. The summed E-state index contributed by atoms with van der Waals surface area (Å²) in [5, 5.41) is 8.69. The first-order chi connectivity index (χ1) is 12.1. The molecule has 7 heteroatoms. The number of aromatic nitrogens is 5. The first-order valence-electron chi connectivity index (χ1n) is 8.01. The van der Waals surface area contributed by atoms with Gasteiger partial charge in [-0.3, -0.25) is 9.48 Å². The Hall–Kier alpha value is -3.22. The van der Waals surface area contributed by atoms with Crippen molar-refractivity contribution in [3.05, 3.63) is 59.1 Å². The zero-order valence-electron chi connectivity index (χ0n) is 14.2.